The van der Waals surface area contributed by atoms with E-state index in [1.165, 1.54) is 5.56 Å². The number of aryl methyl sites for hydroxylation is 2. The number of benzene rings is 1. The lowest BCUT2D eigenvalue weighted by Crippen LogP contribution is -2.12. The molecule has 0 bridgehead atoms. The summed E-state index contributed by atoms with van der Waals surface area (Å²) in [5, 5.41) is 10.0. The third-order valence-corrected chi connectivity index (χ3v) is 2.52. The van der Waals surface area contributed by atoms with Crippen molar-refractivity contribution in [3.05, 3.63) is 28.8 Å². The fraction of sp³-hybridized carbons (Fsp3) is 0.538. The maximum absolute atomic E-state index is 10.0. The minimum Gasteiger partial charge on any atom is -0.507 e. The van der Waals surface area contributed by atoms with E-state index in [4.69, 9.17) is 0 Å². The van der Waals surface area contributed by atoms with Crippen LogP contribution in [0.5, 0.6) is 5.75 Å². The maximum Gasteiger partial charge on any atom is 0.122 e. The lowest BCUT2D eigenvalue weighted by Gasteiger charge is -2.22. The zero-order valence-electron chi connectivity index (χ0n) is 9.81. The lowest BCUT2D eigenvalue weighted by molar-refractivity contribution is 0.440. The Morgan fingerprint density at radius 1 is 1.21 bits per heavy atom. The molecule has 0 spiro atoms. The number of rotatable bonds is 1. The second-order valence-corrected chi connectivity index (χ2v) is 4.92. The van der Waals surface area contributed by atoms with Gasteiger partial charge in [0.1, 0.15) is 5.75 Å². The van der Waals surface area contributed by atoms with Gasteiger partial charge in [-0.2, -0.15) is 0 Å². The fourth-order valence-corrected chi connectivity index (χ4v) is 1.70. The summed E-state index contributed by atoms with van der Waals surface area (Å²) < 4.78 is 0. The summed E-state index contributed by atoms with van der Waals surface area (Å²) in [5.41, 5.74) is 3.34. The van der Waals surface area contributed by atoms with Gasteiger partial charge in [0.05, 0.1) is 0 Å². The summed E-state index contributed by atoms with van der Waals surface area (Å²) in [5.74, 6) is 0.477. The molecule has 0 fully saturated rings. The highest BCUT2D eigenvalue weighted by Crippen LogP contribution is 2.34. The van der Waals surface area contributed by atoms with Gasteiger partial charge in [0.25, 0.3) is 0 Å². The molecule has 0 saturated heterocycles. The van der Waals surface area contributed by atoms with Crippen LogP contribution >= 0.6 is 0 Å². The molecule has 0 aromatic heterocycles. The van der Waals surface area contributed by atoms with Gasteiger partial charge in [0.15, 0.2) is 0 Å². The minimum absolute atomic E-state index is 0.0139. The van der Waals surface area contributed by atoms with Crippen LogP contribution in [-0.4, -0.2) is 5.11 Å². The normalized spacial score (nSPS) is 11.8. The zero-order chi connectivity index (χ0) is 10.9. The molecule has 1 N–H and O–H groups in total. The maximum atomic E-state index is 10.0. The molecule has 0 amide bonds. The van der Waals surface area contributed by atoms with Crippen LogP contribution < -0.4 is 0 Å². The van der Waals surface area contributed by atoms with E-state index in [-0.39, 0.29) is 5.41 Å². The molecular weight excluding hydrogens is 172 g/mol. The molecule has 0 saturated carbocycles. The first-order valence-corrected chi connectivity index (χ1v) is 5.19. The van der Waals surface area contributed by atoms with Crippen molar-refractivity contribution in [3.8, 4) is 5.75 Å². The summed E-state index contributed by atoms with van der Waals surface area (Å²) in [7, 11) is 0. The largest absolute Gasteiger partial charge is 0.507 e. The van der Waals surface area contributed by atoms with Crippen molar-refractivity contribution < 1.29 is 5.11 Å². The Kier molecular flexibility index (Phi) is 2.89. The van der Waals surface area contributed by atoms with Crippen LogP contribution in [-0.2, 0) is 11.8 Å². The Hall–Kier alpha value is -0.980. The molecule has 0 heterocycles. The van der Waals surface area contributed by atoms with Gasteiger partial charge in [-0.15, -0.1) is 0 Å². The summed E-state index contributed by atoms with van der Waals surface area (Å²) in [4.78, 5) is 0. The van der Waals surface area contributed by atoms with Crippen LogP contribution in [0.4, 0.5) is 0 Å². The molecule has 14 heavy (non-hydrogen) atoms. The van der Waals surface area contributed by atoms with E-state index in [1.54, 1.807) is 0 Å². The second-order valence-electron chi connectivity index (χ2n) is 4.92. The van der Waals surface area contributed by atoms with Crippen molar-refractivity contribution in [2.75, 3.05) is 0 Å². The smallest absolute Gasteiger partial charge is 0.122 e. The Bertz CT molecular complexity index is 332. The van der Waals surface area contributed by atoms with Crippen LogP contribution in [0.1, 0.15) is 44.4 Å². The van der Waals surface area contributed by atoms with Gasteiger partial charge in [0.2, 0.25) is 0 Å². The predicted octanol–water partition coefficient (Wildman–Crippen LogP) is 3.56. The highest BCUT2D eigenvalue weighted by atomic mass is 16.3. The van der Waals surface area contributed by atoms with Crippen LogP contribution in [0.2, 0.25) is 0 Å². The second kappa shape index (κ2) is 3.64. The van der Waals surface area contributed by atoms with Gasteiger partial charge >= 0.3 is 0 Å². The minimum atomic E-state index is 0.0139. The molecule has 78 valence electrons. The number of phenolic OH excluding ortho intramolecular Hbond substituents is 1. The Labute approximate surface area is 86.8 Å². The van der Waals surface area contributed by atoms with Crippen LogP contribution in [0.3, 0.4) is 0 Å². The predicted molar refractivity (Wildman–Crippen MR) is 60.9 cm³/mol. The van der Waals surface area contributed by atoms with Gasteiger partial charge in [0, 0.05) is 0 Å². The zero-order valence-corrected chi connectivity index (χ0v) is 9.81. The summed E-state index contributed by atoms with van der Waals surface area (Å²) in [6.45, 7) is 10.5. The molecule has 1 aromatic carbocycles. The van der Waals surface area contributed by atoms with Gasteiger partial charge in [-0.25, -0.2) is 0 Å². The van der Waals surface area contributed by atoms with E-state index in [0.717, 1.165) is 17.5 Å². The standard InChI is InChI=1S/C13H20O/c1-6-10-7-9(2)8-11(12(10)14)13(3,4)5/h7-8,14H,6H2,1-5H3. The Balaban J connectivity index is 3.37. The average Bonchev–Trinajstić information content (AvgIpc) is 2.06. The molecule has 0 unspecified atom stereocenters. The van der Waals surface area contributed by atoms with E-state index >= 15 is 0 Å². The van der Waals surface area contributed by atoms with E-state index in [0.29, 0.717) is 5.75 Å². The average molecular weight is 192 g/mol. The van der Waals surface area contributed by atoms with Crippen LogP contribution in [0, 0.1) is 6.92 Å². The number of hydrogen-bond donors (Lipinski definition) is 1. The molecule has 1 aromatic rings. The van der Waals surface area contributed by atoms with Crippen molar-refractivity contribution in [2.24, 2.45) is 0 Å². The highest BCUT2D eigenvalue weighted by Gasteiger charge is 2.19. The molecule has 0 aliphatic rings. The van der Waals surface area contributed by atoms with Crippen molar-refractivity contribution in [2.45, 2.75) is 46.5 Å². The SMILES string of the molecule is CCc1cc(C)cc(C(C)(C)C)c1O. The van der Waals surface area contributed by atoms with Crippen molar-refractivity contribution in [1.82, 2.24) is 0 Å². The first-order chi connectivity index (χ1) is 6.36. The molecule has 1 heteroatoms. The summed E-state index contributed by atoms with van der Waals surface area (Å²) >= 11 is 0. The highest BCUT2D eigenvalue weighted by molar-refractivity contribution is 5.46. The van der Waals surface area contributed by atoms with E-state index in [2.05, 4.69) is 46.8 Å². The van der Waals surface area contributed by atoms with Crippen molar-refractivity contribution in [1.29, 1.82) is 0 Å². The molecular formula is C13H20O. The lowest BCUT2D eigenvalue weighted by atomic mass is 9.84. The van der Waals surface area contributed by atoms with Gasteiger partial charge in [-0.05, 0) is 29.9 Å². The van der Waals surface area contributed by atoms with Gasteiger partial charge in [-0.3, -0.25) is 0 Å². The van der Waals surface area contributed by atoms with Gasteiger partial charge < -0.3 is 5.11 Å². The topological polar surface area (TPSA) is 20.2 Å². The number of aromatic hydroxyl groups is 1. The quantitative estimate of drug-likeness (QED) is 0.721. The monoisotopic (exact) mass is 192 g/mol. The molecule has 1 nitrogen and oxygen atoms in total. The Morgan fingerprint density at radius 3 is 2.21 bits per heavy atom. The number of hydrogen-bond acceptors (Lipinski definition) is 1. The van der Waals surface area contributed by atoms with Crippen LogP contribution in [0.15, 0.2) is 12.1 Å². The summed E-state index contributed by atoms with van der Waals surface area (Å²) in [6, 6.07) is 4.14. The first-order valence-electron chi connectivity index (χ1n) is 5.19. The molecule has 0 radical (unpaired) electrons. The summed E-state index contributed by atoms with van der Waals surface area (Å²) in [6.07, 6.45) is 0.886. The van der Waals surface area contributed by atoms with Crippen molar-refractivity contribution >= 4 is 0 Å². The van der Waals surface area contributed by atoms with Crippen molar-refractivity contribution in [3.63, 3.8) is 0 Å². The first kappa shape index (κ1) is 11.1. The Morgan fingerprint density at radius 2 is 1.79 bits per heavy atom. The fourth-order valence-electron chi connectivity index (χ4n) is 1.70. The van der Waals surface area contributed by atoms with Crippen LogP contribution in [0.25, 0.3) is 0 Å². The van der Waals surface area contributed by atoms with Gasteiger partial charge in [-0.1, -0.05) is 45.4 Å². The molecule has 0 aliphatic heterocycles. The molecule has 0 atom stereocenters. The van der Waals surface area contributed by atoms with E-state index in [9.17, 15) is 5.11 Å². The third kappa shape index (κ3) is 2.09. The molecule has 1 rings (SSSR count). The van der Waals surface area contributed by atoms with E-state index in [1.807, 2.05) is 0 Å². The van der Waals surface area contributed by atoms with E-state index < -0.39 is 0 Å². The third-order valence-electron chi connectivity index (χ3n) is 2.52. The number of phenols is 1. The molecule has 0 aliphatic carbocycles.